The third-order valence-electron chi connectivity index (χ3n) is 1.95. The topological polar surface area (TPSA) is 47.3 Å². The fourth-order valence-corrected chi connectivity index (χ4v) is 2.86. The molecule has 2 unspecified atom stereocenters. The molecule has 0 bridgehead atoms. The first-order chi connectivity index (χ1) is 6.20. The monoisotopic (exact) mass is 264 g/mol. The summed E-state index contributed by atoms with van der Waals surface area (Å²) in [6.07, 6.45) is 0.0555. The second-order valence-electron chi connectivity index (χ2n) is 2.72. The highest BCUT2D eigenvalue weighted by Crippen LogP contribution is 2.31. The highest BCUT2D eigenvalue weighted by atomic mass is 79.9. The molecule has 13 heavy (non-hydrogen) atoms. The van der Waals surface area contributed by atoms with Gasteiger partial charge in [0, 0.05) is 16.5 Å². The second kappa shape index (κ2) is 5.07. The van der Waals surface area contributed by atoms with E-state index in [0.717, 1.165) is 9.35 Å². The lowest BCUT2D eigenvalue weighted by Crippen LogP contribution is -2.35. The third kappa shape index (κ3) is 2.51. The molecule has 74 valence electrons. The predicted octanol–water partition coefficient (Wildman–Crippen LogP) is 2.05. The van der Waals surface area contributed by atoms with E-state index in [2.05, 4.69) is 21.4 Å². The third-order valence-corrected chi connectivity index (χ3v) is 3.90. The number of hydrogen-bond donors (Lipinski definition) is 2. The van der Waals surface area contributed by atoms with Crippen molar-refractivity contribution in [1.29, 1.82) is 0 Å². The molecule has 0 saturated carbocycles. The molecule has 0 spiro atoms. The van der Waals surface area contributed by atoms with Gasteiger partial charge in [-0.2, -0.15) is 0 Å². The molecule has 5 heteroatoms. The van der Waals surface area contributed by atoms with Crippen molar-refractivity contribution >= 4 is 27.3 Å². The quantitative estimate of drug-likeness (QED) is 0.647. The van der Waals surface area contributed by atoms with Gasteiger partial charge in [0.15, 0.2) is 0 Å². The lowest BCUT2D eigenvalue weighted by Gasteiger charge is -2.21. The van der Waals surface area contributed by atoms with E-state index in [1.807, 2.05) is 18.4 Å². The molecule has 0 saturated heterocycles. The van der Waals surface area contributed by atoms with Gasteiger partial charge in [-0.25, -0.2) is 5.43 Å². The minimum atomic E-state index is 0.0411. The Morgan fingerprint density at radius 2 is 2.38 bits per heavy atom. The van der Waals surface area contributed by atoms with Crippen molar-refractivity contribution in [3.63, 3.8) is 0 Å². The molecule has 0 amide bonds. The molecule has 1 rings (SSSR count). The number of nitrogens with two attached hydrogens (primary N) is 1. The van der Waals surface area contributed by atoms with Crippen LogP contribution in [0.3, 0.4) is 0 Å². The highest BCUT2D eigenvalue weighted by molar-refractivity contribution is 9.10. The lowest BCUT2D eigenvalue weighted by atomic mass is 10.1. The Kier molecular flexibility index (Phi) is 4.34. The fourth-order valence-electron chi connectivity index (χ4n) is 1.09. The van der Waals surface area contributed by atoms with Crippen LogP contribution in [0.2, 0.25) is 0 Å². The molecule has 0 aliphatic carbocycles. The molecule has 0 aliphatic heterocycles. The molecule has 0 aromatic carbocycles. The van der Waals surface area contributed by atoms with Crippen LogP contribution in [0, 0.1) is 0 Å². The molecule has 3 N–H and O–H groups in total. The average Bonchev–Trinajstić information content (AvgIpc) is 2.53. The highest BCUT2D eigenvalue weighted by Gasteiger charge is 2.20. The van der Waals surface area contributed by atoms with E-state index in [9.17, 15) is 0 Å². The van der Waals surface area contributed by atoms with Gasteiger partial charge in [-0.3, -0.25) is 5.84 Å². The van der Waals surface area contributed by atoms with Crippen LogP contribution in [0.1, 0.15) is 17.8 Å². The van der Waals surface area contributed by atoms with Gasteiger partial charge >= 0.3 is 0 Å². The number of halogens is 1. The second-order valence-corrected chi connectivity index (χ2v) is 4.52. The van der Waals surface area contributed by atoms with Gasteiger partial charge in [0.05, 0.1) is 12.1 Å². The summed E-state index contributed by atoms with van der Waals surface area (Å²) in [5.74, 6) is 5.47. The standard InChI is InChI=1S/C8H13BrN2OS/c1-5(12-2)7(11-10)8-6(9)3-4-13-8/h3-5,7,11H,10H2,1-2H3. The maximum absolute atomic E-state index is 5.47. The largest absolute Gasteiger partial charge is 0.380 e. The normalized spacial score (nSPS) is 15.7. The number of nitrogens with one attached hydrogen (secondary N) is 1. The number of methoxy groups -OCH3 is 1. The molecule has 1 heterocycles. The van der Waals surface area contributed by atoms with Gasteiger partial charge in [0.1, 0.15) is 0 Å². The van der Waals surface area contributed by atoms with E-state index >= 15 is 0 Å². The Morgan fingerprint density at radius 1 is 1.69 bits per heavy atom. The van der Waals surface area contributed by atoms with E-state index < -0.39 is 0 Å². The molecule has 0 fully saturated rings. The Balaban J connectivity index is 2.84. The summed E-state index contributed by atoms with van der Waals surface area (Å²) >= 11 is 5.12. The molecular formula is C8H13BrN2OS. The minimum absolute atomic E-state index is 0.0411. The maximum atomic E-state index is 5.47. The summed E-state index contributed by atoms with van der Waals surface area (Å²) in [4.78, 5) is 1.16. The van der Waals surface area contributed by atoms with Gasteiger partial charge in [-0.05, 0) is 34.3 Å². The number of thiophene rings is 1. The molecule has 0 aliphatic rings. The van der Waals surface area contributed by atoms with Crippen LogP contribution < -0.4 is 11.3 Å². The van der Waals surface area contributed by atoms with Crippen molar-refractivity contribution in [2.24, 2.45) is 5.84 Å². The van der Waals surface area contributed by atoms with Crippen LogP contribution in [0.4, 0.5) is 0 Å². The Hall–Kier alpha value is 0.0600. The van der Waals surface area contributed by atoms with E-state index in [-0.39, 0.29) is 12.1 Å². The zero-order chi connectivity index (χ0) is 9.84. The number of hydrogen-bond acceptors (Lipinski definition) is 4. The zero-order valence-electron chi connectivity index (χ0n) is 7.58. The number of ether oxygens (including phenoxy) is 1. The molecular weight excluding hydrogens is 252 g/mol. The van der Waals surface area contributed by atoms with Crippen LogP contribution in [-0.2, 0) is 4.74 Å². The summed E-state index contributed by atoms with van der Waals surface area (Å²) in [6.45, 7) is 1.98. The minimum Gasteiger partial charge on any atom is -0.380 e. The lowest BCUT2D eigenvalue weighted by molar-refractivity contribution is 0.0840. The van der Waals surface area contributed by atoms with Gasteiger partial charge < -0.3 is 4.74 Å². The van der Waals surface area contributed by atoms with Crippen LogP contribution >= 0.6 is 27.3 Å². The summed E-state index contributed by atoms with van der Waals surface area (Å²) in [5, 5.41) is 2.02. The van der Waals surface area contributed by atoms with Gasteiger partial charge in [0.25, 0.3) is 0 Å². The molecule has 2 atom stereocenters. The van der Waals surface area contributed by atoms with Crippen molar-refractivity contribution in [2.45, 2.75) is 19.1 Å². The average molecular weight is 265 g/mol. The fraction of sp³-hybridized carbons (Fsp3) is 0.500. The van der Waals surface area contributed by atoms with Gasteiger partial charge in [-0.15, -0.1) is 11.3 Å². The van der Waals surface area contributed by atoms with Gasteiger partial charge in [-0.1, -0.05) is 0 Å². The van der Waals surface area contributed by atoms with E-state index in [4.69, 9.17) is 10.6 Å². The Labute approximate surface area is 90.4 Å². The first-order valence-electron chi connectivity index (χ1n) is 3.92. The van der Waals surface area contributed by atoms with E-state index in [1.54, 1.807) is 18.4 Å². The Morgan fingerprint density at radius 3 is 2.77 bits per heavy atom. The van der Waals surface area contributed by atoms with Crippen LogP contribution in [-0.4, -0.2) is 13.2 Å². The zero-order valence-corrected chi connectivity index (χ0v) is 9.98. The van der Waals surface area contributed by atoms with Gasteiger partial charge in [0.2, 0.25) is 0 Å². The summed E-state index contributed by atoms with van der Waals surface area (Å²) in [7, 11) is 1.68. The maximum Gasteiger partial charge on any atom is 0.0823 e. The first kappa shape index (κ1) is 11.1. The SMILES string of the molecule is COC(C)C(NN)c1sccc1Br. The van der Waals surface area contributed by atoms with Crippen LogP contribution in [0.25, 0.3) is 0 Å². The molecule has 3 nitrogen and oxygen atoms in total. The molecule has 1 aromatic rings. The van der Waals surface area contributed by atoms with Crippen molar-refractivity contribution in [3.8, 4) is 0 Å². The molecule has 0 radical (unpaired) electrons. The Bertz CT molecular complexity index is 266. The molecule has 1 aromatic heterocycles. The summed E-state index contributed by atoms with van der Waals surface area (Å²) in [5.41, 5.74) is 2.75. The van der Waals surface area contributed by atoms with Crippen molar-refractivity contribution in [2.75, 3.05) is 7.11 Å². The summed E-state index contributed by atoms with van der Waals surface area (Å²) in [6, 6.07) is 2.05. The van der Waals surface area contributed by atoms with Crippen LogP contribution in [0.15, 0.2) is 15.9 Å². The van der Waals surface area contributed by atoms with Crippen LogP contribution in [0.5, 0.6) is 0 Å². The van der Waals surface area contributed by atoms with Crippen molar-refractivity contribution in [1.82, 2.24) is 5.43 Å². The van der Waals surface area contributed by atoms with Crippen molar-refractivity contribution < 1.29 is 4.74 Å². The summed E-state index contributed by atoms with van der Waals surface area (Å²) < 4.78 is 6.30. The first-order valence-corrected chi connectivity index (χ1v) is 5.59. The predicted molar refractivity (Wildman–Crippen MR) is 58.6 cm³/mol. The number of rotatable bonds is 4. The van der Waals surface area contributed by atoms with Crippen molar-refractivity contribution in [3.05, 3.63) is 20.8 Å². The van der Waals surface area contributed by atoms with E-state index in [0.29, 0.717) is 0 Å². The van der Waals surface area contributed by atoms with E-state index in [1.165, 1.54) is 0 Å². The smallest absolute Gasteiger partial charge is 0.0823 e. The number of hydrazine groups is 1.